The minimum absolute atomic E-state index is 0.208. The second-order valence-corrected chi connectivity index (χ2v) is 8.69. The van der Waals surface area contributed by atoms with Gasteiger partial charge in [0.05, 0.1) is 10.6 Å². The number of amides is 1. The maximum atomic E-state index is 12.8. The van der Waals surface area contributed by atoms with Gasteiger partial charge in [0, 0.05) is 16.8 Å². The first-order chi connectivity index (χ1) is 12.1. The fourth-order valence-corrected chi connectivity index (χ4v) is 5.47. The van der Waals surface area contributed by atoms with Crippen molar-refractivity contribution >= 4 is 43.7 Å². The molecule has 2 aromatic carbocycles. The molecule has 0 saturated heterocycles. The van der Waals surface area contributed by atoms with Crippen LogP contribution in [0.1, 0.15) is 4.88 Å². The van der Waals surface area contributed by atoms with E-state index in [0.29, 0.717) is 17.6 Å². The summed E-state index contributed by atoms with van der Waals surface area (Å²) in [6, 6.07) is 14.6. The minimum Gasteiger partial charge on any atom is -0.354 e. The van der Waals surface area contributed by atoms with Gasteiger partial charge in [0.25, 0.3) is 10.0 Å². The van der Waals surface area contributed by atoms with E-state index >= 15 is 0 Å². The van der Waals surface area contributed by atoms with Gasteiger partial charge in [-0.15, -0.1) is 11.3 Å². The van der Waals surface area contributed by atoms with Crippen LogP contribution in [0.2, 0.25) is 0 Å². The number of hydrogen-bond donors (Lipinski definition) is 1. The quantitative estimate of drug-likeness (QED) is 0.749. The Morgan fingerprint density at radius 1 is 1.08 bits per heavy atom. The van der Waals surface area contributed by atoms with Crippen LogP contribution in [0.5, 0.6) is 0 Å². The van der Waals surface area contributed by atoms with E-state index in [4.69, 9.17) is 0 Å². The minimum atomic E-state index is -3.69. The van der Waals surface area contributed by atoms with Crippen LogP contribution in [0.3, 0.4) is 0 Å². The largest absolute Gasteiger partial charge is 0.354 e. The molecule has 0 bridgehead atoms. The number of carbonyl (C=O) groups is 1. The Balaban J connectivity index is 1.53. The molecular formula is C18H16N2O3S2. The number of thiophene rings is 1. The van der Waals surface area contributed by atoms with E-state index in [0.717, 1.165) is 11.8 Å². The SMILES string of the molecule is O=C(CN1c2cccc3cccc(c23)S1(=O)=O)NCCc1cccs1. The van der Waals surface area contributed by atoms with Gasteiger partial charge in [0.1, 0.15) is 6.54 Å². The fourth-order valence-electron chi connectivity index (χ4n) is 3.09. The van der Waals surface area contributed by atoms with E-state index in [-0.39, 0.29) is 17.3 Å². The molecule has 7 heteroatoms. The highest BCUT2D eigenvalue weighted by molar-refractivity contribution is 7.93. The van der Waals surface area contributed by atoms with E-state index in [9.17, 15) is 13.2 Å². The predicted octanol–water partition coefficient (Wildman–Crippen LogP) is 2.77. The van der Waals surface area contributed by atoms with Crippen molar-refractivity contribution in [3.8, 4) is 0 Å². The Bertz CT molecular complexity index is 1040. The number of hydrogen-bond acceptors (Lipinski definition) is 4. The van der Waals surface area contributed by atoms with Crippen molar-refractivity contribution in [1.82, 2.24) is 5.32 Å². The Morgan fingerprint density at radius 3 is 2.64 bits per heavy atom. The summed E-state index contributed by atoms with van der Waals surface area (Å²) in [6.07, 6.45) is 0.742. The molecule has 1 aliphatic rings. The number of benzene rings is 2. The van der Waals surface area contributed by atoms with Crippen LogP contribution in [0.4, 0.5) is 5.69 Å². The summed E-state index contributed by atoms with van der Waals surface area (Å²) < 4.78 is 26.8. The van der Waals surface area contributed by atoms with Gasteiger partial charge >= 0.3 is 0 Å². The van der Waals surface area contributed by atoms with Crippen molar-refractivity contribution in [1.29, 1.82) is 0 Å². The maximum absolute atomic E-state index is 12.8. The Morgan fingerprint density at radius 2 is 1.88 bits per heavy atom. The summed E-state index contributed by atoms with van der Waals surface area (Å²) in [5.74, 6) is -0.301. The summed E-state index contributed by atoms with van der Waals surface area (Å²) in [4.78, 5) is 13.7. The zero-order chi connectivity index (χ0) is 17.4. The Labute approximate surface area is 149 Å². The van der Waals surface area contributed by atoms with E-state index < -0.39 is 10.0 Å². The molecule has 1 aromatic heterocycles. The lowest BCUT2D eigenvalue weighted by atomic mass is 10.1. The third-order valence-corrected chi connectivity index (χ3v) is 6.98. The van der Waals surface area contributed by atoms with E-state index in [1.54, 1.807) is 29.5 Å². The summed E-state index contributed by atoms with van der Waals surface area (Å²) >= 11 is 1.64. The summed E-state index contributed by atoms with van der Waals surface area (Å²) in [5.41, 5.74) is 0.571. The molecule has 0 radical (unpaired) electrons. The molecule has 2 heterocycles. The lowest BCUT2D eigenvalue weighted by Crippen LogP contribution is -2.39. The van der Waals surface area contributed by atoms with Gasteiger partial charge in [0.2, 0.25) is 5.91 Å². The summed E-state index contributed by atoms with van der Waals surface area (Å²) in [6.45, 7) is 0.283. The zero-order valence-electron chi connectivity index (χ0n) is 13.3. The van der Waals surface area contributed by atoms with Crippen molar-refractivity contribution in [2.45, 2.75) is 11.3 Å². The second kappa shape index (κ2) is 6.16. The van der Waals surface area contributed by atoms with E-state index in [1.165, 1.54) is 9.18 Å². The van der Waals surface area contributed by atoms with Crippen LogP contribution in [-0.2, 0) is 21.2 Å². The maximum Gasteiger partial charge on any atom is 0.265 e. The first-order valence-electron chi connectivity index (χ1n) is 7.91. The number of anilines is 1. The molecule has 0 aliphatic carbocycles. The van der Waals surface area contributed by atoms with Gasteiger partial charge in [-0.3, -0.25) is 9.10 Å². The average Bonchev–Trinajstić information content (AvgIpc) is 3.18. The Hall–Kier alpha value is -2.38. The van der Waals surface area contributed by atoms with E-state index in [2.05, 4.69) is 5.32 Å². The Kier molecular flexibility index (Phi) is 3.97. The average molecular weight is 372 g/mol. The van der Waals surface area contributed by atoms with Gasteiger partial charge < -0.3 is 5.32 Å². The first-order valence-corrected chi connectivity index (χ1v) is 10.2. The number of nitrogens with one attached hydrogen (secondary N) is 1. The first kappa shape index (κ1) is 16.1. The topological polar surface area (TPSA) is 66.5 Å². The van der Waals surface area contributed by atoms with Gasteiger partial charge in [-0.2, -0.15) is 0 Å². The normalized spacial score (nSPS) is 14.8. The van der Waals surface area contributed by atoms with Gasteiger partial charge in [-0.05, 0) is 35.4 Å². The van der Waals surface area contributed by atoms with Crippen LogP contribution in [0.15, 0.2) is 58.8 Å². The zero-order valence-corrected chi connectivity index (χ0v) is 14.9. The molecule has 128 valence electrons. The van der Waals surface area contributed by atoms with E-state index in [1.807, 2.05) is 35.7 Å². The van der Waals surface area contributed by atoms with Gasteiger partial charge in [-0.1, -0.05) is 30.3 Å². The van der Waals surface area contributed by atoms with Crippen molar-refractivity contribution < 1.29 is 13.2 Å². The molecule has 1 N–H and O–H groups in total. The molecule has 0 saturated carbocycles. The molecule has 3 aromatic rings. The fraction of sp³-hybridized carbons (Fsp3) is 0.167. The molecule has 25 heavy (non-hydrogen) atoms. The standard InChI is InChI=1S/C18H16N2O3S2/c21-17(19-10-9-14-6-3-11-24-14)12-20-15-7-1-4-13-5-2-8-16(18(13)15)25(20,22)23/h1-8,11H,9-10,12H2,(H,19,21). The summed E-state index contributed by atoms with van der Waals surface area (Å²) in [5, 5.41) is 6.35. The number of nitrogens with zero attached hydrogens (tertiary/aromatic N) is 1. The van der Waals surface area contributed by atoms with Crippen LogP contribution < -0.4 is 9.62 Å². The van der Waals surface area contributed by atoms with Crippen molar-refractivity contribution in [3.05, 3.63) is 58.8 Å². The number of sulfonamides is 1. The monoisotopic (exact) mass is 372 g/mol. The number of rotatable bonds is 5. The molecule has 0 atom stereocenters. The number of carbonyl (C=O) groups excluding carboxylic acids is 1. The highest BCUT2D eigenvalue weighted by Gasteiger charge is 2.36. The molecule has 0 spiro atoms. The third kappa shape index (κ3) is 2.79. The van der Waals surface area contributed by atoms with Crippen molar-refractivity contribution in [2.24, 2.45) is 0 Å². The smallest absolute Gasteiger partial charge is 0.265 e. The molecule has 1 aliphatic heterocycles. The van der Waals surface area contributed by atoms with Crippen molar-refractivity contribution in [2.75, 3.05) is 17.4 Å². The van der Waals surface area contributed by atoms with Crippen LogP contribution in [0, 0.1) is 0 Å². The van der Waals surface area contributed by atoms with Crippen LogP contribution in [0.25, 0.3) is 10.8 Å². The highest BCUT2D eigenvalue weighted by Crippen LogP contribution is 2.41. The van der Waals surface area contributed by atoms with Gasteiger partial charge in [0.15, 0.2) is 0 Å². The lowest BCUT2D eigenvalue weighted by molar-refractivity contribution is -0.119. The predicted molar refractivity (Wildman–Crippen MR) is 99.5 cm³/mol. The molecular weight excluding hydrogens is 356 g/mol. The molecule has 0 unspecified atom stereocenters. The van der Waals surface area contributed by atoms with Crippen LogP contribution in [-0.4, -0.2) is 27.4 Å². The third-order valence-electron chi connectivity index (χ3n) is 4.24. The molecule has 5 nitrogen and oxygen atoms in total. The second-order valence-electron chi connectivity index (χ2n) is 5.82. The molecule has 1 amide bonds. The summed E-state index contributed by atoms with van der Waals surface area (Å²) in [7, 11) is -3.69. The lowest BCUT2D eigenvalue weighted by Gasteiger charge is -2.18. The molecule has 0 fully saturated rings. The van der Waals surface area contributed by atoms with Crippen molar-refractivity contribution in [3.63, 3.8) is 0 Å². The van der Waals surface area contributed by atoms with Gasteiger partial charge in [-0.25, -0.2) is 8.42 Å². The highest BCUT2D eigenvalue weighted by atomic mass is 32.2. The molecule has 4 rings (SSSR count). The van der Waals surface area contributed by atoms with Crippen LogP contribution >= 0.6 is 11.3 Å².